The summed E-state index contributed by atoms with van der Waals surface area (Å²) in [5.74, 6) is 0.705. The predicted molar refractivity (Wildman–Crippen MR) is 82.3 cm³/mol. The van der Waals surface area contributed by atoms with Gasteiger partial charge in [0.15, 0.2) is 5.16 Å². The third kappa shape index (κ3) is 2.64. The Labute approximate surface area is 125 Å². The van der Waals surface area contributed by atoms with Gasteiger partial charge < -0.3 is 15.5 Å². The topological polar surface area (TPSA) is 87.7 Å². The average Bonchev–Trinajstić information content (AvgIpc) is 2.88. The molecule has 3 aromatic rings. The van der Waals surface area contributed by atoms with E-state index in [1.807, 2.05) is 24.3 Å². The summed E-state index contributed by atoms with van der Waals surface area (Å²) in [4.78, 5) is 8.47. The van der Waals surface area contributed by atoms with Crippen molar-refractivity contribution in [3.63, 3.8) is 0 Å². The molecule has 2 aromatic carbocycles. The van der Waals surface area contributed by atoms with Crippen LogP contribution in [-0.2, 0) is 0 Å². The Morgan fingerprint density at radius 2 is 2.14 bits per heavy atom. The van der Waals surface area contributed by atoms with Crippen LogP contribution in [0.15, 0.2) is 46.5 Å². The second-order valence-corrected chi connectivity index (χ2v) is 5.43. The summed E-state index contributed by atoms with van der Waals surface area (Å²) in [5, 5.41) is 9.89. The first-order valence-electron chi connectivity index (χ1n) is 6.21. The number of fused-ring (bicyclic) bond motifs is 1. The van der Waals surface area contributed by atoms with Crippen LogP contribution in [-0.4, -0.2) is 17.1 Å². The summed E-state index contributed by atoms with van der Waals surface area (Å²) in [6.45, 7) is 0. The molecule has 104 valence electrons. The fourth-order valence-electron chi connectivity index (χ4n) is 1.96. The van der Waals surface area contributed by atoms with Crippen LogP contribution in [0.1, 0.15) is 5.56 Å². The van der Waals surface area contributed by atoms with Gasteiger partial charge in [0.05, 0.1) is 23.7 Å². The molecule has 0 unspecified atom stereocenters. The number of nitrogen functional groups attached to an aromatic ring is 1. The summed E-state index contributed by atoms with van der Waals surface area (Å²) in [5.41, 5.74) is 8.74. The molecule has 0 atom stereocenters. The average molecular weight is 296 g/mol. The molecule has 5 nitrogen and oxygen atoms in total. The van der Waals surface area contributed by atoms with Crippen molar-refractivity contribution in [3.05, 3.63) is 42.0 Å². The number of hydrogen-bond donors (Lipinski definition) is 2. The van der Waals surface area contributed by atoms with Gasteiger partial charge in [-0.1, -0.05) is 11.8 Å². The van der Waals surface area contributed by atoms with Gasteiger partial charge in [-0.2, -0.15) is 5.26 Å². The fourth-order valence-corrected chi connectivity index (χ4v) is 2.87. The summed E-state index contributed by atoms with van der Waals surface area (Å²) in [6, 6.07) is 13.0. The first kappa shape index (κ1) is 13.3. The largest absolute Gasteiger partial charge is 0.497 e. The summed E-state index contributed by atoms with van der Waals surface area (Å²) < 4.78 is 5.20. The number of nitrogens with one attached hydrogen (secondary N) is 1. The van der Waals surface area contributed by atoms with E-state index in [4.69, 9.17) is 10.5 Å². The molecule has 0 amide bonds. The number of aromatic nitrogens is 2. The minimum absolute atomic E-state index is 0.584. The maximum absolute atomic E-state index is 9.18. The predicted octanol–water partition coefficient (Wildman–Crippen LogP) is 3.18. The van der Waals surface area contributed by atoms with E-state index >= 15 is 0 Å². The fraction of sp³-hybridized carbons (Fsp3) is 0.0667. The van der Waals surface area contributed by atoms with Crippen molar-refractivity contribution < 1.29 is 4.74 Å². The van der Waals surface area contributed by atoms with E-state index in [0.29, 0.717) is 22.2 Å². The molecule has 0 saturated heterocycles. The third-order valence-electron chi connectivity index (χ3n) is 3.00. The van der Waals surface area contributed by atoms with E-state index in [-0.39, 0.29) is 0 Å². The van der Waals surface area contributed by atoms with Crippen molar-refractivity contribution in [3.8, 4) is 11.8 Å². The highest BCUT2D eigenvalue weighted by Gasteiger charge is 2.10. The van der Waals surface area contributed by atoms with Crippen molar-refractivity contribution in [1.29, 1.82) is 5.26 Å². The van der Waals surface area contributed by atoms with Crippen LogP contribution >= 0.6 is 11.8 Å². The zero-order valence-electron chi connectivity index (χ0n) is 11.3. The number of benzene rings is 2. The third-order valence-corrected chi connectivity index (χ3v) is 3.94. The van der Waals surface area contributed by atoms with Gasteiger partial charge >= 0.3 is 0 Å². The lowest BCUT2D eigenvalue weighted by Crippen LogP contribution is -1.87. The zero-order valence-corrected chi connectivity index (χ0v) is 12.1. The highest BCUT2D eigenvalue weighted by atomic mass is 32.2. The van der Waals surface area contributed by atoms with E-state index in [0.717, 1.165) is 15.9 Å². The Balaban J connectivity index is 2.00. The Kier molecular flexibility index (Phi) is 3.42. The lowest BCUT2D eigenvalue weighted by molar-refractivity contribution is 0.413. The van der Waals surface area contributed by atoms with E-state index in [9.17, 15) is 5.26 Å². The number of imidazole rings is 1. The molecule has 0 aliphatic rings. The number of nitrogens with two attached hydrogens (primary N) is 1. The summed E-state index contributed by atoms with van der Waals surface area (Å²) in [6.07, 6.45) is 0. The molecule has 0 spiro atoms. The van der Waals surface area contributed by atoms with Gasteiger partial charge in [0.2, 0.25) is 0 Å². The number of anilines is 1. The van der Waals surface area contributed by atoms with Gasteiger partial charge in [-0.15, -0.1) is 0 Å². The van der Waals surface area contributed by atoms with E-state index in [1.165, 1.54) is 11.8 Å². The van der Waals surface area contributed by atoms with E-state index in [2.05, 4.69) is 16.0 Å². The monoisotopic (exact) mass is 296 g/mol. The molecule has 0 saturated carbocycles. The molecule has 21 heavy (non-hydrogen) atoms. The number of aromatic amines is 1. The number of nitriles is 1. The highest BCUT2D eigenvalue weighted by molar-refractivity contribution is 7.99. The van der Waals surface area contributed by atoms with E-state index in [1.54, 1.807) is 19.2 Å². The summed E-state index contributed by atoms with van der Waals surface area (Å²) in [7, 11) is 1.60. The van der Waals surface area contributed by atoms with Crippen LogP contribution in [0.5, 0.6) is 5.75 Å². The molecule has 3 N–H and O–H groups in total. The minimum atomic E-state index is 0.584. The van der Waals surface area contributed by atoms with Gasteiger partial charge in [0.25, 0.3) is 0 Å². The Bertz CT molecular complexity index is 850. The lowest BCUT2D eigenvalue weighted by atomic mass is 10.2. The Morgan fingerprint density at radius 1 is 1.29 bits per heavy atom. The molecule has 6 heteroatoms. The quantitative estimate of drug-likeness (QED) is 0.725. The first-order valence-corrected chi connectivity index (χ1v) is 7.02. The van der Waals surface area contributed by atoms with Gasteiger partial charge in [-0.25, -0.2) is 4.98 Å². The number of hydrogen-bond acceptors (Lipinski definition) is 5. The number of nitrogens with zero attached hydrogens (tertiary/aromatic N) is 2. The van der Waals surface area contributed by atoms with Crippen LogP contribution in [0.4, 0.5) is 5.69 Å². The second kappa shape index (κ2) is 5.38. The smallest absolute Gasteiger partial charge is 0.171 e. The molecule has 0 bridgehead atoms. The van der Waals surface area contributed by atoms with Gasteiger partial charge in [-0.05, 0) is 36.4 Å². The summed E-state index contributed by atoms with van der Waals surface area (Å²) >= 11 is 1.39. The van der Waals surface area contributed by atoms with Crippen molar-refractivity contribution >= 4 is 28.5 Å². The molecule has 1 aromatic heterocycles. The minimum Gasteiger partial charge on any atom is -0.497 e. The van der Waals surface area contributed by atoms with Gasteiger partial charge in [0, 0.05) is 10.6 Å². The number of ether oxygens (including phenoxy) is 1. The Morgan fingerprint density at radius 3 is 2.90 bits per heavy atom. The van der Waals surface area contributed by atoms with Crippen LogP contribution in [0.25, 0.3) is 11.0 Å². The highest BCUT2D eigenvalue weighted by Crippen LogP contribution is 2.32. The normalized spacial score (nSPS) is 10.5. The molecular formula is C15H12N4OS. The maximum Gasteiger partial charge on any atom is 0.171 e. The van der Waals surface area contributed by atoms with E-state index < -0.39 is 0 Å². The lowest BCUT2D eigenvalue weighted by Gasteiger charge is -2.04. The van der Waals surface area contributed by atoms with Crippen LogP contribution in [0, 0.1) is 11.3 Å². The van der Waals surface area contributed by atoms with Crippen LogP contribution in [0.2, 0.25) is 0 Å². The molecule has 0 fully saturated rings. The number of rotatable bonds is 3. The van der Waals surface area contributed by atoms with Crippen molar-refractivity contribution in [2.24, 2.45) is 0 Å². The van der Waals surface area contributed by atoms with Gasteiger partial charge in [0.1, 0.15) is 11.8 Å². The molecule has 0 aliphatic heterocycles. The molecule has 1 heterocycles. The van der Waals surface area contributed by atoms with Crippen molar-refractivity contribution in [2.75, 3.05) is 12.8 Å². The van der Waals surface area contributed by atoms with Crippen LogP contribution < -0.4 is 10.5 Å². The van der Waals surface area contributed by atoms with Crippen molar-refractivity contribution in [1.82, 2.24) is 9.97 Å². The second-order valence-electron chi connectivity index (χ2n) is 4.39. The zero-order chi connectivity index (χ0) is 14.8. The first-order chi connectivity index (χ1) is 10.2. The number of methoxy groups -OCH3 is 1. The molecular weight excluding hydrogens is 284 g/mol. The maximum atomic E-state index is 9.18. The standard InChI is InChI=1S/C15H12N4OS/c1-20-11-4-2-9(8-16)14(7-11)21-15-18-12-5-3-10(17)6-13(12)19-15/h2-7H,17H2,1H3,(H,18,19). The number of H-pyrrole nitrogens is 1. The molecule has 0 aliphatic carbocycles. The molecule has 0 radical (unpaired) electrons. The SMILES string of the molecule is COc1ccc(C#N)c(Sc2nc3ccc(N)cc3[nH]2)c1. The molecule has 3 rings (SSSR count). The van der Waals surface area contributed by atoms with Crippen LogP contribution in [0.3, 0.4) is 0 Å². The Hall–Kier alpha value is -2.65. The van der Waals surface area contributed by atoms with Gasteiger partial charge in [-0.3, -0.25) is 0 Å². The van der Waals surface area contributed by atoms with Crippen molar-refractivity contribution in [2.45, 2.75) is 10.1 Å².